The molecular formula is C42H53ClN4O13. The van der Waals surface area contributed by atoms with Gasteiger partial charge in [0.1, 0.15) is 42.1 Å². The van der Waals surface area contributed by atoms with Crippen molar-refractivity contribution < 1.29 is 63.3 Å². The number of aliphatic hydroxyl groups excluding tert-OH is 3. The summed E-state index contributed by atoms with van der Waals surface area (Å²) in [5, 5.41) is 46.6. The van der Waals surface area contributed by atoms with Crippen LogP contribution in [0.3, 0.4) is 0 Å². The summed E-state index contributed by atoms with van der Waals surface area (Å²) >= 11 is 6.69. The first kappa shape index (κ1) is 46.0. The molecule has 3 amide bonds. The van der Waals surface area contributed by atoms with Gasteiger partial charge in [0.2, 0.25) is 24.0 Å². The molecule has 7 N–H and O–H groups in total. The molecule has 3 aromatic rings. The fourth-order valence-corrected chi connectivity index (χ4v) is 7.70. The van der Waals surface area contributed by atoms with Crippen molar-refractivity contribution in [1.29, 1.82) is 0 Å². The highest BCUT2D eigenvalue weighted by atomic mass is 35.5. The largest absolute Gasteiger partial charge is 0.481 e. The number of halogens is 1. The van der Waals surface area contributed by atoms with E-state index in [4.69, 9.17) is 30.5 Å². The van der Waals surface area contributed by atoms with Gasteiger partial charge in [-0.25, -0.2) is 4.79 Å². The molecule has 3 heterocycles. The molecule has 326 valence electrons. The molecule has 0 bridgehead atoms. The van der Waals surface area contributed by atoms with E-state index in [2.05, 4.69) is 15.6 Å². The number of allylic oxidation sites excluding steroid dienone is 1. The van der Waals surface area contributed by atoms with Gasteiger partial charge in [0.25, 0.3) is 0 Å². The van der Waals surface area contributed by atoms with Crippen molar-refractivity contribution in [3.05, 3.63) is 76.5 Å². The first-order valence-electron chi connectivity index (χ1n) is 19.5. The zero-order chi connectivity index (χ0) is 44.2. The van der Waals surface area contributed by atoms with Crippen LogP contribution in [0, 0.1) is 17.8 Å². The van der Waals surface area contributed by atoms with E-state index in [0.717, 1.165) is 16.5 Å². The average Bonchev–Trinajstić information content (AvgIpc) is 3.61. The lowest BCUT2D eigenvalue weighted by Gasteiger charge is -2.38. The first-order valence-corrected chi connectivity index (χ1v) is 19.9. The summed E-state index contributed by atoms with van der Waals surface area (Å²) in [6.07, 6.45) is -5.84. The lowest BCUT2D eigenvalue weighted by Crippen LogP contribution is -2.58. The Morgan fingerprint density at radius 1 is 0.983 bits per heavy atom. The second-order valence-corrected chi connectivity index (χ2v) is 16.0. The standard InChI is InChI=1S/C42H53ClN4O13/c1-19-14-20(2)23(5)58-41(56)35(57-7)32(24-12-13-30(27(43)16-24)59-42-31(39(53)54)33(48)34(49)40(55)60-42)46-37(51)29(17-25-18-44-28-11-9-8-10-26(25)28)47(6)38(52)22(4)45-36(50)21(3)15-19/h8-14,16,18,20-23,29,31-35,40,42,44,48-49,55H,15,17H2,1-7H3,(H,45,50)(H,46,51)(H,53,54)/b19-14-/t20-,21-,22-,23+,29+,31-,32-,33-,34-,35-,40-,42+/m0/s1. The minimum Gasteiger partial charge on any atom is -0.481 e. The van der Waals surface area contributed by atoms with Crippen LogP contribution in [-0.4, -0.2) is 123 Å². The lowest BCUT2D eigenvalue weighted by molar-refractivity contribution is -0.306. The van der Waals surface area contributed by atoms with E-state index in [1.165, 1.54) is 37.3 Å². The number of rotatable bonds is 7. The number of aromatic amines is 1. The SMILES string of the molecule is CO[C@@H]1C(=O)O[C@H](C)[C@@H](C)/C=C(/C)C[C@H](C)C(=O)N[C@@H](C)C(=O)N(C)[C@H](Cc2c[nH]c3ccccc23)C(=O)N[C@H]1c1ccc(O[C@@H]2O[C@H](O)[C@@H](O)[C@@H](O)[C@H]2C(=O)O)c(Cl)c1. The van der Waals surface area contributed by atoms with Gasteiger partial charge in [0.05, 0.1) is 11.1 Å². The number of esters is 1. The molecule has 1 saturated heterocycles. The van der Waals surface area contributed by atoms with Gasteiger partial charge in [-0.15, -0.1) is 0 Å². The molecule has 2 aromatic carbocycles. The highest BCUT2D eigenvalue weighted by Gasteiger charge is 2.49. The number of methoxy groups -OCH3 is 1. The number of aliphatic carboxylic acids is 1. The quantitative estimate of drug-likeness (QED) is 0.134. The van der Waals surface area contributed by atoms with Crippen LogP contribution in [-0.2, 0) is 44.6 Å². The highest BCUT2D eigenvalue weighted by molar-refractivity contribution is 6.32. The van der Waals surface area contributed by atoms with E-state index < -0.39 is 90.7 Å². The maximum atomic E-state index is 14.7. The van der Waals surface area contributed by atoms with Crippen LogP contribution in [0.4, 0.5) is 0 Å². The number of benzene rings is 2. The number of nitrogens with zero attached hydrogens (tertiary/aromatic N) is 1. The summed E-state index contributed by atoms with van der Waals surface area (Å²) in [6, 6.07) is 7.91. The zero-order valence-corrected chi connectivity index (χ0v) is 35.1. The third kappa shape index (κ3) is 10.3. The van der Waals surface area contributed by atoms with Gasteiger partial charge in [-0.05, 0) is 56.5 Å². The second kappa shape index (κ2) is 19.6. The number of carbonyl (C=O) groups excluding carboxylic acids is 4. The normalized spacial score (nSPS) is 32.5. The smallest absolute Gasteiger partial charge is 0.338 e. The van der Waals surface area contributed by atoms with Crippen LogP contribution in [0.2, 0.25) is 5.02 Å². The number of carboxylic acids is 1. The zero-order valence-electron chi connectivity index (χ0n) is 34.3. The molecule has 2 aliphatic heterocycles. The fraction of sp³-hybridized carbons (Fsp3) is 0.500. The van der Waals surface area contributed by atoms with E-state index in [1.54, 1.807) is 27.0 Å². The Balaban J connectivity index is 1.58. The van der Waals surface area contributed by atoms with Crippen LogP contribution in [0.1, 0.15) is 58.2 Å². The number of ether oxygens (including phenoxy) is 4. The maximum Gasteiger partial charge on any atom is 0.338 e. The van der Waals surface area contributed by atoms with Gasteiger partial charge in [-0.1, -0.05) is 61.4 Å². The number of cyclic esters (lactones) is 1. The van der Waals surface area contributed by atoms with E-state index in [9.17, 15) is 44.4 Å². The highest BCUT2D eigenvalue weighted by Crippen LogP contribution is 2.35. The van der Waals surface area contributed by atoms with Crippen LogP contribution in [0.15, 0.2) is 60.3 Å². The fourth-order valence-electron chi connectivity index (χ4n) is 7.47. The van der Waals surface area contributed by atoms with Gasteiger partial charge >= 0.3 is 11.9 Å². The predicted molar refractivity (Wildman–Crippen MR) is 216 cm³/mol. The van der Waals surface area contributed by atoms with Crippen molar-refractivity contribution in [3.8, 4) is 5.75 Å². The summed E-state index contributed by atoms with van der Waals surface area (Å²) in [7, 11) is 2.71. The first-order chi connectivity index (χ1) is 28.3. The number of hydrogen-bond acceptors (Lipinski definition) is 12. The van der Waals surface area contributed by atoms with Crippen LogP contribution in [0.25, 0.3) is 10.9 Å². The Morgan fingerprint density at radius 2 is 1.68 bits per heavy atom. The molecule has 1 aromatic heterocycles. The number of aromatic nitrogens is 1. The third-order valence-electron chi connectivity index (χ3n) is 11.1. The van der Waals surface area contributed by atoms with Gasteiger partial charge in [-0.3, -0.25) is 19.2 Å². The minimum absolute atomic E-state index is 0.00851. The predicted octanol–water partition coefficient (Wildman–Crippen LogP) is 2.60. The van der Waals surface area contributed by atoms with Crippen LogP contribution < -0.4 is 15.4 Å². The van der Waals surface area contributed by atoms with Crippen molar-refractivity contribution in [3.63, 3.8) is 0 Å². The number of nitrogens with one attached hydrogen (secondary N) is 3. The van der Waals surface area contributed by atoms with Crippen molar-refractivity contribution in [1.82, 2.24) is 20.5 Å². The van der Waals surface area contributed by atoms with Crippen molar-refractivity contribution in [2.75, 3.05) is 14.2 Å². The maximum absolute atomic E-state index is 14.7. The van der Waals surface area contributed by atoms with Gasteiger partial charge in [0.15, 0.2) is 12.4 Å². The van der Waals surface area contributed by atoms with Crippen molar-refractivity contribution in [2.24, 2.45) is 17.8 Å². The molecule has 60 heavy (non-hydrogen) atoms. The molecule has 1 fully saturated rings. The second-order valence-electron chi connectivity index (χ2n) is 15.6. The van der Waals surface area contributed by atoms with Crippen molar-refractivity contribution in [2.45, 2.75) is 103 Å². The topological polar surface area (TPSA) is 246 Å². The van der Waals surface area contributed by atoms with Gasteiger partial charge in [0, 0.05) is 49.5 Å². The molecule has 0 aliphatic carbocycles. The number of carboxylic acid groups (broad SMARTS) is 1. The molecule has 0 radical (unpaired) electrons. The average molecular weight is 857 g/mol. The molecule has 5 rings (SSSR count). The number of hydrogen-bond donors (Lipinski definition) is 7. The number of amides is 3. The summed E-state index contributed by atoms with van der Waals surface area (Å²) in [5.74, 6) is -6.86. The molecule has 18 heteroatoms. The summed E-state index contributed by atoms with van der Waals surface area (Å²) in [4.78, 5) is 72.6. The minimum atomic E-state index is -1.98. The van der Waals surface area contributed by atoms with E-state index in [0.29, 0.717) is 12.0 Å². The number of fused-ring (bicyclic) bond motifs is 1. The van der Waals surface area contributed by atoms with Gasteiger partial charge in [-0.2, -0.15) is 0 Å². The Bertz CT molecular complexity index is 2090. The van der Waals surface area contributed by atoms with Gasteiger partial charge < -0.3 is 59.9 Å². The number of H-pyrrole nitrogens is 1. The summed E-state index contributed by atoms with van der Waals surface area (Å²) in [5.41, 5.74) is 2.57. The Labute approximate surface area is 351 Å². The summed E-state index contributed by atoms with van der Waals surface area (Å²) in [6.45, 7) is 8.70. The monoisotopic (exact) mass is 856 g/mol. The molecule has 2 aliphatic rings. The Morgan fingerprint density at radius 3 is 2.35 bits per heavy atom. The number of para-hydroxylation sites is 1. The molecule has 17 nitrogen and oxygen atoms in total. The van der Waals surface area contributed by atoms with E-state index in [-0.39, 0.29) is 34.6 Å². The third-order valence-corrected chi connectivity index (χ3v) is 11.4. The molecule has 0 spiro atoms. The van der Waals surface area contributed by atoms with Crippen LogP contribution >= 0.6 is 11.6 Å². The Hall–Kier alpha value is -5.04. The van der Waals surface area contributed by atoms with Crippen LogP contribution in [0.5, 0.6) is 5.75 Å². The Kier molecular flexibility index (Phi) is 15.0. The molecule has 0 unspecified atom stereocenters. The van der Waals surface area contributed by atoms with E-state index >= 15 is 0 Å². The molecular weight excluding hydrogens is 804 g/mol. The molecule has 0 saturated carbocycles. The van der Waals surface area contributed by atoms with Crippen molar-refractivity contribution >= 4 is 52.2 Å². The summed E-state index contributed by atoms with van der Waals surface area (Å²) < 4.78 is 22.5. The lowest BCUT2D eigenvalue weighted by atomic mass is 9.94. The number of carbonyl (C=O) groups is 5. The van der Waals surface area contributed by atoms with E-state index in [1.807, 2.05) is 44.2 Å². The number of likely N-dealkylation sites (N-methyl/N-ethyl adjacent to an activating group) is 1. The number of aliphatic hydroxyl groups is 3. The molecule has 12 atom stereocenters.